The van der Waals surface area contributed by atoms with Crippen LogP contribution in [0.15, 0.2) is 11.6 Å². The molecule has 4 rings (SSSR count). The SMILES string of the molecule is CC[C@H](CC[C@@H](C)[C@H]1CC[C@H]2[C@@H]3CC=C4C[C@@H](OC(=O)NCC(C)(C)N(C)C)CC[C@]4(C)[C@H]3CC[C@]12C)C(C)C. The largest absolute Gasteiger partial charge is 0.446 e. The quantitative estimate of drug-likeness (QED) is 0.273. The average Bonchev–Trinajstić information content (AvgIpc) is 3.25. The van der Waals surface area contributed by atoms with Crippen LogP contribution in [0.4, 0.5) is 4.79 Å². The number of carbonyl (C=O) groups is 1. The lowest BCUT2D eigenvalue weighted by Gasteiger charge is -2.58. The van der Waals surface area contributed by atoms with E-state index in [4.69, 9.17) is 4.74 Å². The first kappa shape index (κ1) is 31.9. The molecule has 1 N–H and O–H groups in total. The number of nitrogens with zero attached hydrogens (tertiary/aromatic N) is 1. The van der Waals surface area contributed by atoms with E-state index in [-0.39, 0.29) is 17.7 Å². The van der Waals surface area contributed by atoms with E-state index >= 15 is 0 Å². The summed E-state index contributed by atoms with van der Waals surface area (Å²) >= 11 is 0. The molecule has 3 saturated carbocycles. The number of likely N-dealkylation sites (N-methyl/N-ethyl adjacent to an activating group) is 1. The van der Waals surface area contributed by atoms with Crippen molar-refractivity contribution >= 4 is 6.09 Å². The Morgan fingerprint density at radius 2 is 1.80 bits per heavy atom. The molecule has 0 radical (unpaired) electrons. The van der Waals surface area contributed by atoms with Crippen molar-refractivity contribution in [3.63, 3.8) is 0 Å². The lowest BCUT2D eigenvalue weighted by molar-refractivity contribution is -0.0584. The van der Waals surface area contributed by atoms with Crippen molar-refractivity contribution in [1.29, 1.82) is 0 Å². The summed E-state index contributed by atoms with van der Waals surface area (Å²) in [6.45, 7) is 19.9. The molecule has 4 heteroatoms. The highest BCUT2D eigenvalue weighted by Crippen LogP contribution is 2.67. The minimum Gasteiger partial charge on any atom is -0.446 e. The van der Waals surface area contributed by atoms with Crippen molar-refractivity contribution in [1.82, 2.24) is 10.2 Å². The molecular formula is C36H64N2O2. The molecule has 0 aromatic rings. The van der Waals surface area contributed by atoms with E-state index in [1.165, 1.54) is 51.4 Å². The number of alkyl carbamates (subject to hydrolysis) is 1. The van der Waals surface area contributed by atoms with Crippen molar-refractivity contribution in [2.75, 3.05) is 20.6 Å². The predicted octanol–water partition coefficient (Wildman–Crippen LogP) is 9.10. The van der Waals surface area contributed by atoms with Gasteiger partial charge in [0, 0.05) is 18.5 Å². The molecule has 4 aliphatic rings. The summed E-state index contributed by atoms with van der Waals surface area (Å²) in [6.07, 6.45) is 16.6. The molecule has 0 spiro atoms. The third-order valence-corrected chi connectivity index (χ3v) is 13.4. The van der Waals surface area contributed by atoms with Crippen LogP contribution in [-0.2, 0) is 4.74 Å². The van der Waals surface area contributed by atoms with Crippen molar-refractivity contribution in [3.8, 4) is 0 Å². The van der Waals surface area contributed by atoms with Gasteiger partial charge in [-0.05, 0) is 132 Å². The summed E-state index contributed by atoms with van der Waals surface area (Å²) in [4.78, 5) is 14.8. The monoisotopic (exact) mass is 556 g/mol. The van der Waals surface area contributed by atoms with Gasteiger partial charge in [0.25, 0.3) is 0 Å². The van der Waals surface area contributed by atoms with Crippen molar-refractivity contribution in [2.45, 2.75) is 138 Å². The van der Waals surface area contributed by atoms with Crippen LogP contribution >= 0.6 is 0 Å². The van der Waals surface area contributed by atoms with E-state index in [9.17, 15) is 4.79 Å². The number of hydrogen-bond acceptors (Lipinski definition) is 3. The maximum absolute atomic E-state index is 12.7. The first-order valence-electron chi connectivity index (χ1n) is 17.0. The Morgan fingerprint density at radius 1 is 1.07 bits per heavy atom. The lowest BCUT2D eigenvalue weighted by atomic mass is 9.47. The second-order valence-electron chi connectivity index (χ2n) is 16.3. The Labute approximate surface area is 247 Å². The smallest absolute Gasteiger partial charge is 0.407 e. The molecule has 3 fully saturated rings. The molecule has 0 aliphatic heterocycles. The second-order valence-corrected chi connectivity index (χ2v) is 16.3. The van der Waals surface area contributed by atoms with Gasteiger partial charge >= 0.3 is 6.09 Å². The zero-order valence-electron chi connectivity index (χ0n) is 27.9. The summed E-state index contributed by atoms with van der Waals surface area (Å²) < 4.78 is 5.98. The highest BCUT2D eigenvalue weighted by Gasteiger charge is 2.59. The van der Waals surface area contributed by atoms with Crippen LogP contribution in [0.3, 0.4) is 0 Å². The van der Waals surface area contributed by atoms with Crippen LogP contribution in [-0.4, -0.2) is 43.3 Å². The normalized spacial score (nSPS) is 37.3. The Bertz CT molecular complexity index is 908. The molecule has 0 aromatic carbocycles. The summed E-state index contributed by atoms with van der Waals surface area (Å²) in [5.41, 5.74) is 2.32. The van der Waals surface area contributed by atoms with Crippen molar-refractivity contribution < 1.29 is 9.53 Å². The number of rotatable bonds is 10. The van der Waals surface area contributed by atoms with Crippen LogP contribution in [0, 0.1) is 52.3 Å². The molecule has 230 valence electrons. The Balaban J connectivity index is 1.37. The van der Waals surface area contributed by atoms with E-state index in [0.717, 1.165) is 60.7 Å². The third-order valence-electron chi connectivity index (χ3n) is 13.4. The van der Waals surface area contributed by atoms with Crippen LogP contribution in [0.5, 0.6) is 0 Å². The topological polar surface area (TPSA) is 41.6 Å². The Kier molecular flexibility index (Phi) is 9.80. The summed E-state index contributed by atoms with van der Waals surface area (Å²) in [5, 5.41) is 3.02. The van der Waals surface area contributed by atoms with Gasteiger partial charge in [-0.3, -0.25) is 0 Å². The highest BCUT2D eigenvalue weighted by molar-refractivity contribution is 5.67. The number of ether oxygens (including phenoxy) is 1. The zero-order chi connectivity index (χ0) is 29.5. The van der Waals surface area contributed by atoms with Gasteiger partial charge in [0.15, 0.2) is 0 Å². The summed E-state index contributed by atoms with van der Waals surface area (Å²) in [6, 6.07) is 0. The van der Waals surface area contributed by atoms with E-state index in [1.807, 2.05) is 14.1 Å². The number of fused-ring (bicyclic) bond motifs is 5. The van der Waals surface area contributed by atoms with Gasteiger partial charge in [0.2, 0.25) is 0 Å². The number of nitrogens with one attached hydrogen (secondary N) is 1. The molecule has 0 saturated heterocycles. The van der Waals surface area contributed by atoms with Gasteiger partial charge < -0.3 is 15.0 Å². The van der Waals surface area contributed by atoms with Gasteiger partial charge in [0.1, 0.15) is 6.10 Å². The van der Waals surface area contributed by atoms with Crippen molar-refractivity contribution in [3.05, 3.63) is 11.6 Å². The second kappa shape index (κ2) is 12.3. The van der Waals surface area contributed by atoms with Crippen LogP contribution in [0.1, 0.15) is 126 Å². The fourth-order valence-corrected chi connectivity index (χ4v) is 10.0. The molecular weight excluding hydrogens is 492 g/mol. The van der Waals surface area contributed by atoms with Crippen molar-refractivity contribution in [2.24, 2.45) is 52.3 Å². The number of amides is 1. The van der Waals surface area contributed by atoms with Gasteiger partial charge in [-0.2, -0.15) is 0 Å². The standard InChI is InChI=1S/C36H64N2O2/c1-11-26(24(2)3)13-12-25(4)30-16-17-31-29-15-14-27-22-28(40-33(39)37-23-34(5,6)38(9)10)18-20-35(27,7)32(29)19-21-36(30,31)8/h14,24-26,28-32H,11-13,15-23H2,1-10H3,(H,37,39)/t25-,26-,28+,29+,30-,31+,32+,35+,36-/m1/s1. The molecule has 9 atom stereocenters. The molecule has 0 heterocycles. The van der Waals surface area contributed by atoms with Gasteiger partial charge in [-0.1, -0.05) is 66.0 Å². The van der Waals surface area contributed by atoms with Gasteiger partial charge in [-0.15, -0.1) is 0 Å². The van der Waals surface area contributed by atoms with E-state index in [1.54, 1.807) is 5.57 Å². The summed E-state index contributed by atoms with van der Waals surface area (Å²) in [7, 11) is 4.10. The fourth-order valence-electron chi connectivity index (χ4n) is 10.0. The zero-order valence-corrected chi connectivity index (χ0v) is 27.9. The summed E-state index contributed by atoms with van der Waals surface area (Å²) in [5.74, 6) is 6.00. The Morgan fingerprint density at radius 3 is 2.45 bits per heavy atom. The molecule has 0 unspecified atom stereocenters. The van der Waals surface area contributed by atoms with E-state index in [2.05, 4.69) is 71.7 Å². The molecule has 0 bridgehead atoms. The number of hydrogen-bond donors (Lipinski definition) is 1. The minimum atomic E-state index is -0.254. The molecule has 1 amide bonds. The number of carbonyl (C=O) groups excluding carboxylic acids is 1. The maximum Gasteiger partial charge on any atom is 0.407 e. The molecule has 4 aliphatic carbocycles. The first-order valence-corrected chi connectivity index (χ1v) is 17.0. The van der Waals surface area contributed by atoms with E-state index in [0.29, 0.717) is 17.4 Å². The van der Waals surface area contributed by atoms with E-state index < -0.39 is 0 Å². The van der Waals surface area contributed by atoms with Crippen LogP contribution in [0.25, 0.3) is 0 Å². The molecule has 0 aromatic heterocycles. The highest BCUT2D eigenvalue weighted by atomic mass is 16.6. The third kappa shape index (κ3) is 6.18. The maximum atomic E-state index is 12.7. The first-order chi connectivity index (χ1) is 18.7. The van der Waals surface area contributed by atoms with Crippen LogP contribution < -0.4 is 5.32 Å². The Hall–Kier alpha value is -1.03. The molecule has 40 heavy (non-hydrogen) atoms. The van der Waals surface area contributed by atoms with Gasteiger partial charge in [0.05, 0.1) is 0 Å². The molecule has 4 nitrogen and oxygen atoms in total. The average molecular weight is 557 g/mol. The minimum absolute atomic E-state index is 0.0155. The fraction of sp³-hybridized carbons (Fsp3) is 0.917. The van der Waals surface area contributed by atoms with Gasteiger partial charge in [-0.25, -0.2) is 4.79 Å². The number of allylic oxidation sites excluding steroid dienone is 1. The lowest BCUT2D eigenvalue weighted by Crippen LogP contribution is -2.51. The predicted molar refractivity (Wildman–Crippen MR) is 168 cm³/mol. The van der Waals surface area contributed by atoms with Crippen LogP contribution in [0.2, 0.25) is 0 Å².